The predicted molar refractivity (Wildman–Crippen MR) is 145 cm³/mol. The summed E-state index contributed by atoms with van der Waals surface area (Å²) in [6.07, 6.45) is 9.32. The molecule has 2 aromatic carbocycles. The van der Waals surface area contributed by atoms with Gasteiger partial charge in [-0.1, -0.05) is 70.7 Å². The van der Waals surface area contributed by atoms with Gasteiger partial charge in [-0.2, -0.15) is 0 Å². The fourth-order valence-electron chi connectivity index (χ4n) is 3.47. The van der Waals surface area contributed by atoms with Gasteiger partial charge in [-0.15, -0.1) is 0 Å². The van der Waals surface area contributed by atoms with Crippen LogP contribution in [-0.4, -0.2) is 31.1 Å². The third-order valence-corrected chi connectivity index (χ3v) is 5.48. The molecule has 0 fully saturated rings. The second-order valence-electron chi connectivity index (χ2n) is 8.73. The zero-order valence-corrected chi connectivity index (χ0v) is 22.2. The van der Waals surface area contributed by atoms with E-state index in [9.17, 15) is 14.4 Å². The zero-order valence-electron chi connectivity index (χ0n) is 22.2. The Morgan fingerprint density at radius 3 is 2.16 bits per heavy atom. The van der Waals surface area contributed by atoms with Gasteiger partial charge < -0.3 is 19.5 Å². The molecule has 7 nitrogen and oxygen atoms in total. The van der Waals surface area contributed by atoms with Crippen LogP contribution >= 0.6 is 0 Å². The van der Waals surface area contributed by atoms with Gasteiger partial charge in [0.25, 0.3) is 5.91 Å². The van der Waals surface area contributed by atoms with Gasteiger partial charge in [0, 0.05) is 5.56 Å². The molecule has 0 unspecified atom stereocenters. The van der Waals surface area contributed by atoms with Gasteiger partial charge in [0.15, 0.2) is 5.75 Å². The van der Waals surface area contributed by atoms with E-state index in [0.717, 1.165) is 18.9 Å². The highest BCUT2D eigenvalue weighted by Gasteiger charge is 2.19. The van der Waals surface area contributed by atoms with E-state index < -0.39 is 11.9 Å². The molecule has 1 amide bonds. The van der Waals surface area contributed by atoms with Gasteiger partial charge in [-0.05, 0) is 55.5 Å². The molecular formula is C30H39NO6. The topological polar surface area (TPSA) is 90.9 Å². The first-order valence-corrected chi connectivity index (χ1v) is 13.2. The Labute approximate surface area is 220 Å². The number of para-hydroxylation sites is 2. The minimum atomic E-state index is -0.790. The number of hydrogen-bond acceptors (Lipinski definition) is 6. The van der Waals surface area contributed by atoms with Crippen LogP contribution in [0.3, 0.4) is 0 Å². The molecular weight excluding hydrogens is 470 g/mol. The van der Waals surface area contributed by atoms with Crippen LogP contribution in [0.1, 0.15) is 81.6 Å². The number of carbonyl (C=O) groups is 3. The van der Waals surface area contributed by atoms with E-state index in [4.69, 9.17) is 14.2 Å². The van der Waals surface area contributed by atoms with Crippen molar-refractivity contribution < 1.29 is 28.6 Å². The molecule has 0 aliphatic carbocycles. The van der Waals surface area contributed by atoms with Crippen molar-refractivity contribution in [2.24, 2.45) is 0 Å². The van der Waals surface area contributed by atoms with Gasteiger partial charge in [0.2, 0.25) is 5.76 Å². The number of ether oxygens (including phenoxy) is 3. The Kier molecular flexibility index (Phi) is 13.6. The molecule has 0 saturated heterocycles. The highest BCUT2D eigenvalue weighted by molar-refractivity contribution is 6.05. The largest absolute Gasteiger partial charge is 0.462 e. The first-order chi connectivity index (χ1) is 18.0. The van der Waals surface area contributed by atoms with E-state index in [1.165, 1.54) is 31.2 Å². The van der Waals surface area contributed by atoms with E-state index in [1.54, 1.807) is 36.4 Å². The van der Waals surface area contributed by atoms with E-state index in [2.05, 4.69) is 12.2 Å². The summed E-state index contributed by atoms with van der Waals surface area (Å²) in [5, 5.41) is 2.83. The third-order valence-electron chi connectivity index (χ3n) is 5.48. The summed E-state index contributed by atoms with van der Waals surface area (Å²) in [6.45, 7) is 6.33. The summed E-state index contributed by atoms with van der Waals surface area (Å²) in [5.41, 5.74) is 2.06. The molecule has 0 heterocycles. The number of nitrogens with one attached hydrogen (secondary N) is 1. The SMILES string of the molecule is CCCCCCCc1ccc(C(=O)Nc2ccccc2O/C(=C\C(=O)OCCC)C(=O)OCCC)cc1. The van der Waals surface area contributed by atoms with E-state index in [-0.39, 0.29) is 30.6 Å². The summed E-state index contributed by atoms with van der Waals surface area (Å²) >= 11 is 0. The van der Waals surface area contributed by atoms with Crippen LogP contribution < -0.4 is 10.1 Å². The average Bonchev–Trinajstić information content (AvgIpc) is 2.91. The molecule has 0 spiro atoms. The standard InChI is InChI=1S/C30H39NO6/c1-4-7-8-9-10-13-23-16-18-24(19-17-23)29(33)31-25-14-11-12-15-26(25)37-27(30(34)36-21-6-3)22-28(32)35-20-5-2/h11-12,14-19,22H,4-10,13,20-21H2,1-3H3,(H,31,33)/b27-22-. The first-order valence-electron chi connectivity index (χ1n) is 13.2. The molecule has 2 rings (SSSR count). The van der Waals surface area contributed by atoms with Crippen molar-refractivity contribution in [3.05, 3.63) is 71.5 Å². The van der Waals surface area contributed by atoms with Crippen LogP contribution in [0.4, 0.5) is 5.69 Å². The molecule has 1 N–H and O–H groups in total. The summed E-state index contributed by atoms with van der Waals surface area (Å²) in [4.78, 5) is 37.6. The van der Waals surface area contributed by atoms with Gasteiger partial charge in [0.1, 0.15) is 0 Å². The van der Waals surface area contributed by atoms with Crippen LogP contribution in [0, 0.1) is 0 Å². The Morgan fingerprint density at radius 1 is 0.784 bits per heavy atom. The van der Waals surface area contributed by atoms with E-state index in [1.807, 2.05) is 26.0 Å². The molecule has 37 heavy (non-hydrogen) atoms. The zero-order chi connectivity index (χ0) is 26.9. The second kappa shape index (κ2) is 17.0. The van der Waals surface area contributed by atoms with Gasteiger partial charge in [-0.25, -0.2) is 9.59 Å². The van der Waals surface area contributed by atoms with Crippen LogP contribution in [-0.2, 0) is 25.5 Å². The lowest BCUT2D eigenvalue weighted by Gasteiger charge is -2.14. The lowest BCUT2D eigenvalue weighted by atomic mass is 10.0. The van der Waals surface area contributed by atoms with Crippen LogP contribution in [0.2, 0.25) is 0 Å². The fourth-order valence-corrected chi connectivity index (χ4v) is 3.47. The molecule has 0 bridgehead atoms. The highest BCUT2D eigenvalue weighted by atomic mass is 16.6. The number of esters is 2. The minimum Gasteiger partial charge on any atom is -0.462 e. The number of anilines is 1. The number of hydrogen-bond donors (Lipinski definition) is 1. The summed E-state index contributed by atoms with van der Waals surface area (Å²) < 4.78 is 16.0. The molecule has 0 aliphatic rings. The van der Waals surface area contributed by atoms with E-state index >= 15 is 0 Å². The van der Waals surface area contributed by atoms with Crippen molar-refractivity contribution in [2.45, 2.75) is 72.1 Å². The highest BCUT2D eigenvalue weighted by Crippen LogP contribution is 2.27. The normalized spacial score (nSPS) is 11.1. The number of rotatable bonds is 16. The van der Waals surface area contributed by atoms with Crippen molar-refractivity contribution in [3.8, 4) is 5.75 Å². The van der Waals surface area contributed by atoms with Crippen LogP contribution in [0.5, 0.6) is 5.75 Å². The Morgan fingerprint density at radius 2 is 1.46 bits per heavy atom. The fraction of sp³-hybridized carbons (Fsp3) is 0.433. The number of aryl methyl sites for hydroxylation is 1. The van der Waals surface area contributed by atoms with Crippen molar-refractivity contribution >= 4 is 23.5 Å². The number of amides is 1. The average molecular weight is 510 g/mol. The maximum absolute atomic E-state index is 12.9. The Hall–Kier alpha value is -3.61. The van der Waals surface area contributed by atoms with Crippen molar-refractivity contribution in [2.75, 3.05) is 18.5 Å². The maximum atomic E-state index is 12.9. The minimum absolute atomic E-state index is 0.177. The molecule has 0 atom stereocenters. The lowest BCUT2D eigenvalue weighted by molar-refractivity contribution is -0.143. The Balaban J connectivity index is 2.10. The van der Waals surface area contributed by atoms with Gasteiger partial charge >= 0.3 is 11.9 Å². The van der Waals surface area contributed by atoms with Crippen molar-refractivity contribution in [1.82, 2.24) is 0 Å². The van der Waals surface area contributed by atoms with Gasteiger partial charge in [0.05, 0.1) is 25.0 Å². The molecule has 0 aromatic heterocycles. The van der Waals surface area contributed by atoms with Crippen molar-refractivity contribution in [1.29, 1.82) is 0 Å². The summed E-state index contributed by atoms with van der Waals surface area (Å²) in [7, 11) is 0. The molecule has 0 aliphatic heterocycles. The second-order valence-corrected chi connectivity index (χ2v) is 8.73. The van der Waals surface area contributed by atoms with Gasteiger partial charge in [-0.3, -0.25) is 4.79 Å². The quantitative estimate of drug-likeness (QED) is 0.118. The molecule has 0 saturated carbocycles. The molecule has 2 aromatic rings. The van der Waals surface area contributed by atoms with Crippen molar-refractivity contribution in [3.63, 3.8) is 0 Å². The molecule has 7 heteroatoms. The monoisotopic (exact) mass is 509 g/mol. The van der Waals surface area contributed by atoms with E-state index in [0.29, 0.717) is 24.1 Å². The molecule has 0 radical (unpaired) electrons. The third kappa shape index (κ3) is 10.9. The number of benzene rings is 2. The maximum Gasteiger partial charge on any atom is 0.374 e. The smallest absolute Gasteiger partial charge is 0.374 e. The van der Waals surface area contributed by atoms with Crippen LogP contribution in [0.25, 0.3) is 0 Å². The number of unbranched alkanes of at least 4 members (excludes halogenated alkanes) is 4. The first kappa shape index (κ1) is 29.6. The predicted octanol–water partition coefficient (Wildman–Crippen LogP) is 6.62. The summed E-state index contributed by atoms with van der Waals surface area (Å²) in [5.74, 6) is -1.94. The Bertz CT molecular complexity index is 1030. The molecule has 200 valence electrons. The van der Waals surface area contributed by atoms with Crippen LogP contribution in [0.15, 0.2) is 60.4 Å². The lowest BCUT2D eigenvalue weighted by Crippen LogP contribution is -2.18. The number of carbonyl (C=O) groups excluding carboxylic acids is 3. The summed E-state index contributed by atoms with van der Waals surface area (Å²) in [6, 6.07) is 14.2.